The first-order valence-electron chi connectivity index (χ1n) is 15.5. The predicted molar refractivity (Wildman–Crippen MR) is 184 cm³/mol. The SMILES string of the molecule is c1ccc(-c2cccc(-c3ccc4cc5c(cc4c3)C3(c4ccccc4-c4ccccc43)c3cc4ccccc4cc3-5)n2)nc1. The van der Waals surface area contributed by atoms with Gasteiger partial charge in [0.15, 0.2) is 0 Å². The van der Waals surface area contributed by atoms with Gasteiger partial charge in [-0.3, -0.25) is 4.98 Å². The summed E-state index contributed by atoms with van der Waals surface area (Å²) in [6.45, 7) is 0. The van der Waals surface area contributed by atoms with E-state index in [2.05, 4.69) is 132 Å². The molecule has 2 aliphatic carbocycles. The minimum Gasteiger partial charge on any atom is -0.255 e. The van der Waals surface area contributed by atoms with Crippen molar-refractivity contribution >= 4 is 21.5 Å². The molecule has 8 aromatic rings. The molecule has 0 unspecified atom stereocenters. The molecule has 2 aromatic heterocycles. The molecule has 0 fully saturated rings. The number of pyridine rings is 2. The zero-order chi connectivity index (χ0) is 29.5. The van der Waals surface area contributed by atoms with Crippen LogP contribution in [-0.2, 0) is 5.41 Å². The Morgan fingerprint density at radius 1 is 0.356 bits per heavy atom. The van der Waals surface area contributed by atoms with Gasteiger partial charge < -0.3 is 0 Å². The number of nitrogens with zero attached hydrogens (tertiary/aromatic N) is 2. The van der Waals surface area contributed by atoms with Crippen LogP contribution in [0.3, 0.4) is 0 Å². The van der Waals surface area contributed by atoms with Gasteiger partial charge in [-0.15, -0.1) is 0 Å². The second kappa shape index (κ2) is 9.07. The van der Waals surface area contributed by atoms with Gasteiger partial charge in [-0.2, -0.15) is 0 Å². The molecule has 0 N–H and O–H groups in total. The number of aromatic nitrogens is 2. The van der Waals surface area contributed by atoms with Gasteiger partial charge in [0.25, 0.3) is 0 Å². The lowest BCUT2D eigenvalue weighted by Gasteiger charge is -2.30. The monoisotopic (exact) mass is 570 g/mol. The van der Waals surface area contributed by atoms with Gasteiger partial charge in [-0.1, -0.05) is 97.1 Å². The average molecular weight is 571 g/mol. The topological polar surface area (TPSA) is 25.8 Å². The number of benzene rings is 6. The fourth-order valence-electron chi connectivity index (χ4n) is 7.98. The maximum atomic E-state index is 5.02. The van der Waals surface area contributed by atoms with Crippen molar-refractivity contribution in [2.24, 2.45) is 0 Å². The third kappa shape index (κ3) is 3.34. The number of hydrogen-bond donors (Lipinski definition) is 0. The fraction of sp³-hybridized carbons (Fsp3) is 0.0233. The van der Waals surface area contributed by atoms with Crippen molar-refractivity contribution in [3.8, 4) is 44.9 Å². The van der Waals surface area contributed by atoms with Crippen LogP contribution < -0.4 is 0 Å². The molecule has 10 rings (SSSR count). The van der Waals surface area contributed by atoms with Crippen molar-refractivity contribution < 1.29 is 0 Å². The normalized spacial score (nSPS) is 13.5. The van der Waals surface area contributed by atoms with Crippen LogP contribution >= 0.6 is 0 Å². The van der Waals surface area contributed by atoms with Crippen molar-refractivity contribution in [3.05, 3.63) is 180 Å². The van der Waals surface area contributed by atoms with E-state index in [0.717, 1.165) is 22.6 Å². The van der Waals surface area contributed by atoms with E-state index in [0.29, 0.717) is 0 Å². The first-order valence-corrected chi connectivity index (χ1v) is 15.5. The second-order valence-corrected chi connectivity index (χ2v) is 12.2. The van der Waals surface area contributed by atoms with Crippen molar-refractivity contribution in [1.82, 2.24) is 9.97 Å². The average Bonchev–Trinajstić information content (AvgIpc) is 3.56. The Labute approximate surface area is 261 Å². The molecule has 1 spiro atoms. The van der Waals surface area contributed by atoms with E-state index in [1.807, 2.05) is 30.5 Å². The molecule has 2 nitrogen and oxygen atoms in total. The molecule has 0 atom stereocenters. The molecule has 0 saturated carbocycles. The first kappa shape index (κ1) is 24.6. The Balaban J connectivity index is 1.26. The van der Waals surface area contributed by atoms with Crippen molar-refractivity contribution in [1.29, 1.82) is 0 Å². The highest BCUT2D eigenvalue weighted by molar-refractivity contribution is 6.03. The highest BCUT2D eigenvalue weighted by atomic mass is 14.8. The van der Waals surface area contributed by atoms with E-state index in [-0.39, 0.29) is 5.41 Å². The van der Waals surface area contributed by atoms with E-state index >= 15 is 0 Å². The van der Waals surface area contributed by atoms with Crippen LogP contribution in [-0.4, -0.2) is 9.97 Å². The third-order valence-electron chi connectivity index (χ3n) is 9.89. The predicted octanol–water partition coefficient (Wildman–Crippen LogP) is 10.5. The van der Waals surface area contributed by atoms with Crippen LogP contribution in [0.1, 0.15) is 22.3 Å². The van der Waals surface area contributed by atoms with Gasteiger partial charge in [0.05, 0.1) is 22.5 Å². The minimum absolute atomic E-state index is 0.386. The maximum absolute atomic E-state index is 5.02. The largest absolute Gasteiger partial charge is 0.255 e. The quantitative estimate of drug-likeness (QED) is 0.207. The minimum atomic E-state index is -0.386. The van der Waals surface area contributed by atoms with Crippen LogP contribution in [0.15, 0.2) is 158 Å². The van der Waals surface area contributed by atoms with Crippen molar-refractivity contribution in [3.63, 3.8) is 0 Å². The van der Waals surface area contributed by atoms with Gasteiger partial charge >= 0.3 is 0 Å². The lowest BCUT2D eigenvalue weighted by molar-refractivity contribution is 0.796. The molecular weight excluding hydrogens is 544 g/mol. The first-order chi connectivity index (χ1) is 22.3. The highest BCUT2D eigenvalue weighted by Crippen LogP contribution is 2.63. The fourth-order valence-corrected chi connectivity index (χ4v) is 7.98. The number of fused-ring (bicyclic) bond motifs is 12. The van der Waals surface area contributed by atoms with Gasteiger partial charge in [-0.05, 0) is 121 Å². The molecule has 2 aliphatic rings. The summed E-state index contributed by atoms with van der Waals surface area (Å²) in [5.74, 6) is 0. The zero-order valence-corrected chi connectivity index (χ0v) is 24.4. The van der Waals surface area contributed by atoms with Crippen LogP contribution in [0.25, 0.3) is 66.4 Å². The smallest absolute Gasteiger partial charge is 0.0893 e. The van der Waals surface area contributed by atoms with Crippen LogP contribution in [0.5, 0.6) is 0 Å². The Hall–Kier alpha value is -5.86. The van der Waals surface area contributed by atoms with E-state index in [9.17, 15) is 0 Å². The second-order valence-electron chi connectivity index (χ2n) is 12.2. The summed E-state index contributed by atoms with van der Waals surface area (Å²) in [4.78, 5) is 9.55. The Morgan fingerprint density at radius 3 is 1.64 bits per heavy atom. The van der Waals surface area contributed by atoms with Gasteiger partial charge in [0, 0.05) is 11.8 Å². The highest BCUT2D eigenvalue weighted by Gasteiger charge is 2.51. The van der Waals surface area contributed by atoms with Crippen molar-refractivity contribution in [2.45, 2.75) is 5.41 Å². The molecule has 0 aliphatic heterocycles. The summed E-state index contributed by atoms with van der Waals surface area (Å²) in [6.07, 6.45) is 1.82. The maximum Gasteiger partial charge on any atom is 0.0893 e. The van der Waals surface area contributed by atoms with Gasteiger partial charge in [0.2, 0.25) is 0 Å². The van der Waals surface area contributed by atoms with Gasteiger partial charge in [0.1, 0.15) is 0 Å². The summed E-state index contributed by atoms with van der Waals surface area (Å²) in [7, 11) is 0. The van der Waals surface area contributed by atoms with E-state index in [1.165, 1.54) is 66.1 Å². The lowest BCUT2D eigenvalue weighted by atomic mass is 9.70. The van der Waals surface area contributed by atoms with Crippen molar-refractivity contribution in [2.75, 3.05) is 0 Å². The van der Waals surface area contributed by atoms with Gasteiger partial charge in [-0.25, -0.2) is 4.98 Å². The Kier molecular flexibility index (Phi) is 4.95. The van der Waals surface area contributed by atoms with E-state index < -0.39 is 0 Å². The molecule has 2 heterocycles. The molecule has 0 radical (unpaired) electrons. The Bertz CT molecular complexity index is 2450. The summed E-state index contributed by atoms with van der Waals surface area (Å²) in [6, 6.07) is 55.4. The summed E-state index contributed by atoms with van der Waals surface area (Å²) >= 11 is 0. The standard InChI is InChI=1S/C43H26N2/c1-2-11-28-25-38-34(23-27(28)10-1)35-24-29-19-20-30(40-17-9-18-42(45-40)41-16-7-8-21-44-41)22-31(29)26-39(35)43(38)36-14-5-3-12-32(36)33-13-4-6-15-37(33)43/h1-26H. The molecule has 208 valence electrons. The zero-order valence-electron chi connectivity index (χ0n) is 24.4. The molecule has 45 heavy (non-hydrogen) atoms. The summed E-state index contributed by atoms with van der Waals surface area (Å²) in [5, 5.41) is 4.99. The molecule has 0 amide bonds. The summed E-state index contributed by atoms with van der Waals surface area (Å²) < 4.78 is 0. The molecule has 6 aromatic carbocycles. The number of hydrogen-bond acceptors (Lipinski definition) is 2. The number of rotatable bonds is 2. The Morgan fingerprint density at radius 2 is 0.933 bits per heavy atom. The molecular formula is C43H26N2. The molecule has 2 heteroatoms. The molecule has 0 saturated heterocycles. The molecule has 0 bridgehead atoms. The van der Waals surface area contributed by atoms with E-state index in [1.54, 1.807) is 0 Å². The lowest BCUT2D eigenvalue weighted by Crippen LogP contribution is -2.25. The van der Waals surface area contributed by atoms with E-state index in [4.69, 9.17) is 4.98 Å². The van der Waals surface area contributed by atoms with Crippen LogP contribution in [0.4, 0.5) is 0 Å². The third-order valence-corrected chi connectivity index (χ3v) is 9.89. The van der Waals surface area contributed by atoms with Crippen LogP contribution in [0, 0.1) is 0 Å². The summed E-state index contributed by atoms with van der Waals surface area (Å²) in [5.41, 5.74) is 14.2. The van der Waals surface area contributed by atoms with Crippen LogP contribution in [0.2, 0.25) is 0 Å².